The Morgan fingerprint density at radius 2 is 0.694 bits per heavy atom. The molecule has 0 N–H and O–H groups in total. The summed E-state index contributed by atoms with van der Waals surface area (Å²) in [6, 6.07) is 15.6. The van der Waals surface area contributed by atoms with Crippen LogP contribution in [0.1, 0.15) is 181 Å². The van der Waals surface area contributed by atoms with Crippen LogP contribution in [-0.4, -0.2) is 38.0 Å². The van der Waals surface area contributed by atoms with Gasteiger partial charge in [-0.05, 0) is 86.8 Å². The van der Waals surface area contributed by atoms with Crippen LogP contribution < -0.4 is 14.3 Å². The number of unbranched alkanes of at least 4 members (excludes halogenated alkanes) is 14. The molecule has 5 heteroatoms. The van der Waals surface area contributed by atoms with E-state index in [0.29, 0.717) is 11.5 Å². The van der Waals surface area contributed by atoms with E-state index in [9.17, 15) is 5.02 Å². The van der Waals surface area contributed by atoms with E-state index in [2.05, 4.69) is 41.5 Å². The highest BCUT2D eigenvalue weighted by Crippen LogP contribution is 2.19. The molecule has 280 valence electrons. The summed E-state index contributed by atoms with van der Waals surface area (Å²) in [5.74, 6) is 1.10. The molecule has 0 radical (unpaired) electrons. The van der Waals surface area contributed by atoms with Crippen LogP contribution >= 0.6 is 0 Å². The molecule has 0 saturated carbocycles. The minimum absolute atomic E-state index is 0.552. The predicted octanol–water partition coefficient (Wildman–Crippen LogP) is 12.3. The van der Waals surface area contributed by atoms with E-state index in [1.165, 1.54) is 170 Å². The van der Waals surface area contributed by atoms with E-state index < -0.39 is 7.32 Å². The Morgan fingerprint density at radius 3 is 1.00 bits per heavy atom. The fourth-order valence-electron chi connectivity index (χ4n) is 6.58. The number of hydrogen-bond donors (Lipinski definition) is 0. The third-order valence-corrected chi connectivity index (χ3v) is 9.89. The molecule has 4 nitrogen and oxygen atoms in total. The van der Waals surface area contributed by atoms with Crippen LogP contribution in [0.3, 0.4) is 0 Å². The summed E-state index contributed by atoms with van der Waals surface area (Å²) in [5.41, 5.74) is 2.58. The van der Waals surface area contributed by atoms with Crippen molar-refractivity contribution in [2.24, 2.45) is 0 Å². The third-order valence-electron chi connectivity index (χ3n) is 9.89. The van der Waals surface area contributed by atoms with E-state index in [4.69, 9.17) is 9.31 Å². The second-order valence-electron chi connectivity index (χ2n) is 14.5. The molecule has 0 spiro atoms. The lowest BCUT2D eigenvalue weighted by Crippen LogP contribution is -2.50. The lowest BCUT2D eigenvalue weighted by molar-refractivity contribution is -0.929. The molecular formula is C44H78BNO3. The van der Waals surface area contributed by atoms with Crippen molar-refractivity contribution in [3.05, 3.63) is 59.7 Å². The molecule has 2 rings (SSSR count). The van der Waals surface area contributed by atoms with Gasteiger partial charge in [-0.15, -0.1) is 0 Å². The second-order valence-corrected chi connectivity index (χ2v) is 14.5. The number of benzene rings is 2. The Bertz CT molecular complexity index is 882. The predicted molar refractivity (Wildman–Crippen MR) is 213 cm³/mol. The van der Waals surface area contributed by atoms with E-state index in [1.54, 1.807) is 0 Å². The van der Waals surface area contributed by atoms with Gasteiger partial charge in [-0.3, -0.25) is 0 Å². The van der Waals surface area contributed by atoms with E-state index >= 15 is 0 Å². The molecule has 0 aliphatic rings. The average Bonchev–Trinajstić information content (AvgIpc) is 3.12. The van der Waals surface area contributed by atoms with Crippen LogP contribution in [-0.2, 0) is 12.8 Å². The summed E-state index contributed by atoms with van der Waals surface area (Å²) in [6.45, 7) is 19.5. The van der Waals surface area contributed by atoms with Crippen molar-refractivity contribution in [2.75, 3.05) is 26.2 Å². The molecule has 0 amide bonds. The van der Waals surface area contributed by atoms with Gasteiger partial charge in [0.05, 0.1) is 26.2 Å². The molecule has 2 aromatic carbocycles. The zero-order valence-corrected chi connectivity index (χ0v) is 33.3. The van der Waals surface area contributed by atoms with Crippen LogP contribution in [0.25, 0.3) is 0 Å². The van der Waals surface area contributed by atoms with Gasteiger partial charge in [0.1, 0.15) is 11.5 Å². The minimum atomic E-state index is -1.57. The van der Waals surface area contributed by atoms with Crippen molar-refractivity contribution >= 4 is 7.32 Å². The molecule has 2 aromatic rings. The Hall–Kier alpha value is -1.98. The topological polar surface area (TPSA) is 41.5 Å². The average molecular weight is 680 g/mol. The monoisotopic (exact) mass is 680 g/mol. The quantitative estimate of drug-likeness (QED) is 0.0469. The smallest absolute Gasteiger partial charge is 0.492 e. The van der Waals surface area contributed by atoms with E-state index in [-0.39, 0.29) is 0 Å². The normalized spacial score (nSPS) is 11.2. The highest BCUT2D eigenvalue weighted by molar-refractivity contribution is 6.34. The van der Waals surface area contributed by atoms with Gasteiger partial charge in [-0.1, -0.05) is 156 Å². The fourth-order valence-corrected chi connectivity index (χ4v) is 6.58. The molecule has 0 aliphatic carbocycles. The molecule has 0 unspecified atom stereocenters. The van der Waals surface area contributed by atoms with Gasteiger partial charge in [0.2, 0.25) is 0 Å². The molecular weight excluding hydrogens is 601 g/mol. The SMILES string of the molecule is CCCCCCCCc1ccc(OB([O-])Oc2ccc(CCCCCCCC)cc2)cc1.CCCC[N+](CCCC)(CCCC)CCCC. The summed E-state index contributed by atoms with van der Waals surface area (Å²) in [4.78, 5) is 0. The van der Waals surface area contributed by atoms with Gasteiger partial charge in [0.15, 0.2) is 0 Å². The maximum atomic E-state index is 12.2. The highest BCUT2D eigenvalue weighted by Gasteiger charge is 2.24. The van der Waals surface area contributed by atoms with Crippen molar-refractivity contribution in [3.63, 3.8) is 0 Å². The van der Waals surface area contributed by atoms with Crippen LogP contribution in [0.2, 0.25) is 0 Å². The Labute approximate surface area is 305 Å². The zero-order chi connectivity index (χ0) is 35.8. The maximum Gasteiger partial charge on any atom is 0.492 e. The largest absolute Gasteiger partial charge is 0.808 e. The molecule has 0 aromatic heterocycles. The van der Waals surface area contributed by atoms with Crippen molar-refractivity contribution in [3.8, 4) is 11.5 Å². The maximum absolute atomic E-state index is 12.2. The van der Waals surface area contributed by atoms with E-state index in [1.807, 2.05) is 48.5 Å². The first kappa shape index (κ1) is 45.0. The van der Waals surface area contributed by atoms with Gasteiger partial charge in [-0.25, -0.2) is 0 Å². The number of quaternary nitrogens is 1. The van der Waals surface area contributed by atoms with Crippen molar-refractivity contribution < 1.29 is 18.8 Å². The van der Waals surface area contributed by atoms with Crippen molar-refractivity contribution in [2.45, 2.75) is 183 Å². The summed E-state index contributed by atoms with van der Waals surface area (Å²) < 4.78 is 12.2. The second kappa shape index (κ2) is 30.8. The Balaban J connectivity index is 0.000000598. The fraction of sp³-hybridized carbons (Fsp3) is 0.727. The zero-order valence-electron chi connectivity index (χ0n) is 33.3. The molecule has 0 fully saturated rings. The molecule has 0 saturated heterocycles. The van der Waals surface area contributed by atoms with Crippen molar-refractivity contribution in [1.29, 1.82) is 0 Å². The van der Waals surface area contributed by atoms with Crippen LogP contribution in [0.4, 0.5) is 0 Å². The Morgan fingerprint density at radius 1 is 0.408 bits per heavy atom. The number of aryl methyl sites for hydroxylation is 2. The number of rotatable bonds is 30. The summed E-state index contributed by atoms with van der Waals surface area (Å²) in [5, 5.41) is 12.2. The van der Waals surface area contributed by atoms with Gasteiger partial charge < -0.3 is 18.8 Å². The molecule has 0 atom stereocenters. The molecule has 49 heavy (non-hydrogen) atoms. The standard InChI is InChI=1S/C28H42BO3.C16H36N/c1-3-5-7-9-11-13-15-25-17-21-27(22-18-25)31-29(30)32-28-23-19-26(20-24-28)16-14-12-10-8-6-4-2;1-5-9-13-17(14-10-6-2,15-11-7-3)16-12-8-4/h17-24H,3-16H2,1-2H3;5-16H2,1-4H3/q-1;+1. The lowest BCUT2D eigenvalue weighted by Gasteiger charge is -2.39. The lowest BCUT2D eigenvalue weighted by atomic mass is 10.0. The van der Waals surface area contributed by atoms with Crippen LogP contribution in [0.5, 0.6) is 11.5 Å². The minimum Gasteiger partial charge on any atom is -0.808 e. The van der Waals surface area contributed by atoms with Gasteiger partial charge in [-0.2, -0.15) is 0 Å². The first-order chi connectivity index (χ1) is 23.9. The first-order valence-corrected chi connectivity index (χ1v) is 21.0. The summed E-state index contributed by atoms with van der Waals surface area (Å²) >= 11 is 0. The number of nitrogens with zero attached hydrogens (tertiary/aromatic N) is 1. The van der Waals surface area contributed by atoms with Crippen LogP contribution in [0, 0.1) is 0 Å². The van der Waals surface area contributed by atoms with Gasteiger partial charge >= 0.3 is 7.32 Å². The Kier molecular flexibility index (Phi) is 28.3. The summed E-state index contributed by atoms with van der Waals surface area (Å²) in [6.07, 6.45) is 28.8. The molecule has 0 heterocycles. The summed E-state index contributed by atoms with van der Waals surface area (Å²) in [7, 11) is -1.57. The molecule has 0 aliphatic heterocycles. The molecule has 0 bridgehead atoms. The van der Waals surface area contributed by atoms with Gasteiger partial charge in [0.25, 0.3) is 0 Å². The number of hydrogen-bond acceptors (Lipinski definition) is 3. The highest BCUT2D eigenvalue weighted by atomic mass is 16.7. The van der Waals surface area contributed by atoms with Crippen molar-refractivity contribution in [1.82, 2.24) is 0 Å². The third kappa shape index (κ3) is 23.2. The first-order valence-electron chi connectivity index (χ1n) is 21.0. The van der Waals surface area contributed by atoms with Crippen LogP contribution in [0.15, 0.2) is 48.5 Å². The van der Waals surface area contributed by atoms with Gasteiger partial charge in [0, 0.05) is 0 Å². The van der Waals surface area contributed by atoms with E-state index in [0.717, 1.165) is 12.8 Å².